The van der Waals surface area contributed by atoms with Crippen molar-refractivity contribution in [1.29, 1.82) is 0 Å². The van der Waals surface area contributed by atoms with Crippen LogP contribution in [0.4, 0.5) is 0 Å². The van der Waals surface area contributed by atoms with E-state index in [1.807, 2.05) is 0 Å². The van der Waals surface area contributed by atoms with E-state index in [2.05, 4.69) is 0 Å². The number of rotatable bonds is 4. The number of carboxylic acid groups (broad SMARTS) is 1. The first-order chi connectivity index (χ1) is 9.82. The molecule has 0 bridgehead atoms. The predicted octanol–water partition coefficient (Wildman–Crippen LogP) is 2.30. The lowest BCUT2D eigenvalue weighted by Gasteiger charge is -2.33. The summed E-state index contributed by atoms with van der Waals surface area (Å²) in [5, 5.41) is 8.50. The van der Waals surface area contributed by atoms with Gasteiger partial charge in [-0.2, -0.15) is 0 Å². The van der Waals surface area contributed by atoms with E-state index in [4.69, 9.17) is 5.11 Å². The van der Waals surface area contributed by atoms with Gasteiger partial charge < -0.3 is 5.11 Å². The normalized spacial score (nSPS) is 20.6. The number of aromatic carboxylic acids is 1. The van der Waals surface area contributed by atoms with Crippen molar-refractivity contribution in [2.24, 2.45) is 0 Å². The maximum Gasteiger partial charge on any atom is 0.335 e. The quantitative estimate of drug-likeness (QED) is 0.926. The van der Waals surface area contributed by atoms with Gasteiger partial charge in [0.2, 0.25) is 10.0 Å². The van der Waals surface area contributed by atoms with Crippen LogP contribution in [0.1, 0.15) is 48.5 Å². The highest BCUT2D eigenvalue weighted by atomic mass is 32.2. The number of piperidine rings is 1. The third-order valence-electron chi connectivity index (χ3n) is 3.97. The van der Waals surface area contributed by atoms with E-state index in [1.54, 1.807) is 42.4 Å². The molecule has 6 heteroatoms. The van der Waals surface area contributed by atoms with Crippen LogP contribution in [0.15, 0.2) is 24.3 Å². The van der Waals surface area contributed by atoms with Crippen molar-refractivity contribution in [1.82, 2.24) is 4.31 Å². The van der Waals surface area contributed by atoms with Gasteiger partial charge in [0.25, 0.3) is 0 Å². The molecule has 21 heavy (non-hydrogen) atoms. The van der Waals surface area contributed by atoms with Crippen molar-refractivity contribution < 1.29 is 18.3 Å². The van der Waals surface area contributed by atoms with Crippen molar-refractivity contribution in [3.05, 3.63) is 35.4 Å². The highest BCUT2D eigenvalue weighted by Crippen LogP contribution is 2.29. The SMILES string of the molecule is CC(C)S(=O)(=O)N1CCCC(c2ccc(C(=O)O)cc2)C1. The Balaban J connectivity index is 2.16. The number of hydrogen-bond acceptors (Lipinski definition) is 3. The van der Waals surface area contributed by atoms with E-state index < -0.39 is 21.2 Å². The van der Waals surface area contributed by atoms with Gasteiger partial charge in [0.1, 0.15) is 0 Å². The number of hydrogen-bond donors (Lipinski definition) is 1. The molecule has 2 rings (SSSR count). The Morgan fingerprint density at radius 1 is 1.29 bits per heavy atom. The van der Waals surface area contributed by atoms with Gasteiger partial charge in [0, 0.05) is 13.1 Å². The van der Waals surface area contributed by atoms with E-state index >= 15 is 0 Å². The number of nitrogens with zero attached hydrogens (tertiary/aromatic N) is 1. The van der Waals surface area contributed by atoms with Crippen LogP contribution >= 0.6 is 0 Å². The molecule has 0 amide bonds. The van der Waals surface area contributed by atoms with Crippen molar-refractivity contribution in [3.8, 4) is 0 Å². The van der Waals surface area contributed by atoms with Gasteiger partial charge in [-0.15, -0.1) is 0 Å². The Morgan fingerprint density at radius 2 is 1.90 bits per heavy atom. The van der Waals surface area contributed by atoms with Gasteiger partial charge in [-0.1, -0.05) is 12.1 Å². The zero-order valence-corrected chi connectivity index (χ0v) is 13.1. The number of carboxylic acids is 1. The molecule has 0 aliphatic carbocycles. The molecule has 1 saturated heterocycles. The molecule has 1 unspecified atom stereocenters. The van der Waals surface area contributed by atoms with E-state index in [-0.39, 0.29) is 11.5 Å². The largest absolute Gasteiger partial charge is 0.478 e. The third kappa shape index (κ3) is 3.44. The van der Waals surface area contributed by atoms with Gasteiger partial charge in [-0.25, -0.2) is 17.5 Å². The average molecular weight is 311 g/mol. The maximum atomic E-state index is 12.3. The van der Waals surface area contributed by atoms with Crippen LogP contribution in [-0.4, -0.2) is 42.1 Å². The summed E-state index contributed by atoms with van der Waals surface area (Å²) in [6.07, 6.45) is 1.76. The highest BCUT2D eigenvalue weighted by molar-refractivity contribution is 7.89. The number of sulfonamides is 1. The second kappa shape index (κ2) is 6.15. The minimum Gasteiger partial charge on any atom is -0.478 e. The van der Waals surface area contributed by atoms with Crippen molar-refractivity contribution in [3.63, 3.8) is 0 Å². The molecule has 0 saturated carbocycles. The van der Waals surface area contributed by atoms with Crippen LogP contribution < -0.4 is 0 Å². The minimum atomic E-state index is -3.22. The van der Waals surface area contributed by atoms with Gasteiger partial charge >= 0.3 is 5.97 Å². The van der Waals surface area contributed by atoms with Crippen LogP contribution in [0.5, 0.6) is 0 Å². The summed E-state index contributed by atoms with van der Waals surface area (Å²) >= 11 is 0. The molecule has 1 aliphatic heterocycles. The van der Waals surface area contributed by atoms with Crippen LogP contribution in [-0.2, 0) is 10.0 Å². The molecule has 1 heterocycles. The smallest absolute Gasteiger partial charge is 0.335 e. The van der Waals surface area contributed by atoms with Crippen molar-refractivity contribution in [2.45, 2.75) is 37.9 Å². The number of benzene rings is 1. The Bertz CT molecular complexity index is 607. The fourth-order valence-electron chi connectivity index (χ4n) is 2.64. The molecule has 1 fully saturated rings. The molecule has 1 atom stereocenters. The van der Waals surface area contributed by atoms with Crippen LogP contribution in [0.2, 0.25) is 0 Å². The molecular weight excluding hydrogens is 290 g/mol. The first-order valence-electron chi connectivity index (χ1n) is 7.14. The van der Waals surface area contributed by atoms with Gasteiger partial charge in [-0.3, -0.25) is 0 Å². The van der Waals surface area contributed by atoms with Gasteiger partial charge in [0.05, 0.1) is 10.8 Å². The second-order valence-electron chi connectivity index (χ2n) is 5.72. The lowest BCUT2D eigenvalue weighted by molar-refractivity contribution is 0.0697. The van der Waals surface area contributed by atoms with Gasteiger partial charge in [-0.05, 0) is 50.3 Å². The first-order valence-corrected chi connectivity index (χ1v) is 8.65. The maximum absolute atomic E-state index is 12.3. The monoisotopic (exact) mass is 311 g/mol. The molecule has 1 aromatic carbocycles. The lowest BCUT2D eigenvalue weighted by atomic mass is 9.91. The van der Waals surface area contributed by atoms with Crippen molar-refractivity contribution >= 4 is 16.0 Å². The zero-order valence-electron chi connectivity index (χ0n) is 12.3. The molecule has 0 spiro atoms. The molecule has 1 N–H and O–H groups in total. The lowest BCUT2D eigenvalue weighted by Crippen LogP contribution is -2.42. The highest BCUT2D eigenvalue weighted by Gasteiger charge is 2.31. The van der Waals surface area contributed by atoms with Crippen molar-refractivity contribution in [2.75, 3.05) is 13.1 Å². The summed E-state index contributed by atoms with van der Waals surface area (Å²) in [6.45, 7) is 4.44. The third-order valence-corrected chi connectivity index (χ3v) is 6.21. The molecule has 5 nitrogen and oxygen atoms in total. The Kier molecular flexibility index (Phi) is 4.68. The van der Waals surface area contributed by atoms with Crippen LogP contribution in [0, 0.1) is 0 Å². The summed E-state index contributed by atoms with van der Waals surface area (Å²) in [4.78, 5) is 10.9. The standard InChI is InChI=1S/C15H21NO4S/c1-11(2)21(19,20)16-9-3-4-14(10-16)12-5-7-13(8-6-12)15(17)18/h5-8,11,14H,3-4,9-10H2,1-2H3,(H,17,18). The van der Waals surface area contributed by atoms with E-state index in [1.165, 1.54) is 0 Å². The summed E-state index contributed by atoms with van der Waals surface area (Å²) in [5.74, 6) is -0.815. The summed E-state index contributed by atoms with van der Waals surface area (Å²) in [7, 11) is -3.22. The zero-order chi connectivity index (χ0) is 15.6. The predicted molar refractivity (Wildman–Crippen MR) is 81.0 cm³/mol. The Labute approximate surface area is 125 Å². The molecule has 1 aliphatic rings. The first kappa shape index (κ1) is 16.0. The molecule has 1 aromatic rings. The summed E-state index contributed by atoms with van der Waals surface area (Å²) in [6, 6.07) is 6.74. The second-order valence-corrected chi connectivity index (χ2v) is 8.21. The minimum absolute atomic E-state index is 0.134. The average Bonchev–Trinajstić information content (AvgIpc) is 2.47. The van der Waals surface area contributed by atoms with E-state index in [0.717, 1.165) is 18.4 Å². The summed E-state index contributed by atoms with van der Waals surface area (Å²) in [5.41, 5.74) is 1.25. The Morgan fingerprint density at radius 3 is 2.43 bits per heavy atom. The van der Waals surface area contributed by atoms with E-state index in [0.29, 0.717) is 13.1 Å². The van der Waals surface area contributed by atoms with Crippen LogP contribution in [0.25, 0.3) is 0 Å². The number of carbonyl (C=O) groups is 1. The fraction of sp³-hybridized carbons (Fsp3) is 0.533. The van der Waals surface area contributed by atoms with E-state index in [9.17, 15) is 13.2 Å². The van der Waals surface area contributed by atoms with Gasteiger partial charge in [0.15, 0.2) is 0 Å². The molecule has 0 radical (unpaired) electrons. The van der Waals surface area contributed by atoms with Crippen LogP contribution in [0.3, 0.4) is 0 Å². The molecule has 0 aromatic heterocycles. The summed E-state index contributed by atoms with van der Waals surface area (Å²) < 4.78 is 26.1. The Hall–Kier alpha value is -1.40. The molecule has 116 valence electrons. The fourth-order valence-corrected chi connectivity index (χ4v) is 4.01. The molecular formula is C15H21NO4S. The topological polar surface area (TPSA) is 74.7 Å².